The number of aromatic nitrogens is 1. The number of nitrogens with zero attached hydrogens (tertiary/aromatic N) is 1. The van der Waals surface area contributed by atoms with Crippen molar-refractivity contribution in [1.82, 2.24) is 9.88 Å². The average Bonchev–Trinajstić information content (AvgIpc) is 2.35. The van der Waals surface area contributed by atoms with Crippen molar-refractivity contribution in [3.63, 3.8) is 0 Å². The number of unbranched alkanes of at least 4 members (excludes halogenated alkanes) is 1. The molecule has 1 rings (SSSR count). The maximum absolute atomic E-state index is 12.3. The SMILES string of the molecule is CCCCNCc1ccc(C(C)C)n(CC)c1=O. The van der Waals surface area contributed by atoms with E-state index in [2.05, 4.69) is 32.2 Å². The van der Waals surface area contributed by atoms with Crippen LogP contribution < -0.4 is 10.9 Å². The molecule has 3 heteroatoms. The zero-order valence-electron chi connectivity index (χ0n) is 12.1. The molecule has 0 fully saturated rings. The van der Waals surface area contributed by atoms with E-state index in [1.807, 2.05) is 17.6 Å². The highest BCUT2D eigenvalue weighted by Gasteiger charge is 2.09. The van der Waals surface area contributed by atoms with Crippen LogP contribution in [0.4, 0.5) is 0 Å². The van der Waals surface area contributed by atoms with E-state index in [0.717, 1.165) is 30.8 Å². The van der Waals surface area contributed by atoms with Crippen molar-refractivity contribution in [1.29, 1.82) is 0 Å². The van der Waals surface area contributed by atoms with Gasteiger partial charge in [0.25, 0.3) is 5.56 Å². The van der Waals surface area contributed by atoms with Crippen LogP contribution in [0.3, 0.4) is 0 Å². The van der Waals surface area contributed by atoms with E-state index < -0.39 is 0 Å². The lowest BCUT2D eigenvalue weighted by Crippen LogP contribution is -2.29. The molecule has 0 atom stereocenters. The molecule has 0 aliphatic carbocycles. The zero-order valence-corrected chi connectivity index (χ0v) is 12.1. The molecule has 0 bridgehead atoms. The number of hydrogen-bond donors (Lipinski definition) is 1. The van der Waals surface area contributed by atoms with Crippen molar-refractivity contribution in [2.24, 2.45) is 0 Å². The Morgan fingerprint density at radius 3 is 2.56 bits per heavy atom. The van der Waals surface area contributed by atoms with Crippen LogP contribution in [-0.4, -0.2) is 11.1 Å². The largest absolute Gasteiger partial charge is 0.312 e. The molecular weight excluding hydrogens is 224 g/mol. The maximum Gasteiger partial charge on any atom is 0.255 e. The minimum Gasteiger partial charge on any atom is -0.312 e. The van der Waals surface area contributed by atoms with Gasteiger partial charge in [-0.05, 0) is 31.9 Å². The monoisotopic (exact) mass is 250 g/mol. The first kappa shape index (κ1) is 15.0. The van der Waals surface area contributed by atoms with Crippen molar-refractivity contribution in [2.45, 2.75) is 59.5 Å². The lowest BCUT2D eigenvalue weighted by molar-refractivity contribution is 0.606. The third-order valence-corrected chi connectivity index (χ3v) is 3.22. The summed E-state index contributed by atoms with van der Waals surface area (Å²) in [4.78, 5) is 12.3. The summed E-state index contributed by atoms with van der Waals surface area (Å²) in [5.41, 5.74) is 2.16. The average molecular weight is 250 g/mol. The van der Waals surface area contributed by atoms with Gasteiger partial charge >= 0.3 is 0 Å². The van der Waals surface area contributed by atoms with E-state index in [9.17, 15) is 4.79 Å². The Bertz CT molecular complexity index is 421. The van der Waals surface area contributed by atoms with Crippen LogP contribution in [0.1, 0.15) is 57.7 Å². The van der Waals surface area contributed by atoms with E-state index in [4.69, 9.17) is 0 Å². The molecule has 1 heterocycles. The maximum atomic E-state index is 12.3. The van der Waals surface area contributed by atoms with Gasteiger partial charge in [-0.2, -0.15) is 0 Å². The molecule has 0 aliphatic rings. The highest BCUT2D eigenvalue weighted by atomic mass is 16.1. The summed E-state index contributed by atoms with van der Waals surface area (Å²) in [5.74, 6) is 0.389. The Morgan fingerprint density at radius 2 is 2.00 bits per heavy atom. The Balaban J connectivity index is 2.85. The molecule has 0 spiro atoms. The predicted molar refractivity (Wildman–Crippen MR) is 77.1 cm³/mol. The fourth-order valence-electron chi connectivity index (χ4n) is 2.13. The summed E-state index contributed by atoms with van der Waals surface area (Å²) < 4.78 is 1.89. The number of hydrogen-bond acceptors (Lipinski definition) is 2. The van der Waals surface area contributed by atoms with Gasteiger partial charge in [0.15, 0.2) is 0 Å². The fourth-order valence-corrected chi connectivity index (χ4v) is 2.13. The van der Waals surface area contributed by atoms with Crippen molar-refractivity contribution >= 4 is 0 Å². The highest BCUT2D eigenvalue weighted by Crippen LogP contribution is 2.12. The molecule has 18 heavy (non-hydrogen) atoms. The van der Waals surface area contributed by atoms with Crippen molar-refractivity contribution < 1.29 is 0 Å². The molecule has 0 saturated carbocycles. The van der Waals surface area contributed by atoms with E-state index in [1.165, 1.54) is 6.42 Å². The molecule has 0 saturated heterocycles. The molecule has 0 amide bonds. The van der Waals surface area contributed by atoms with Crippen LogP contribution in [0, 0.1) is 0 Å². The lowest BCUT2D eigenvalue weighted by Gasteiger charge is -2.15. The summed E-state index contributed by atoms with van der Waals surface area (Å²) in [7, 11) is 0. The van der Waals surface area contributed by atoms with E-state index >= 15 is 0 Å². The normalized spacial score (nSPS) is 11.2. The van der Waals surface area contributed by atoms with Gasteiger partial charge in [-0.1, -0.05) is 33.3 Å². The molecule has 0 radical (unpaired) electrons. The van der Waals surface area contributed by atoms with Crippen LogP contribution >= 0.6 is 0 Å². The summed E-state index contributed by atoms with van der Waals surface area (Å²) in [5, 5.41) is 3.33. The van der Waals surface area contributed by atoms with Crippen LogP contribution in [-0.2, 0) is 13.1 Å². The van der Waals surface area contributed by atoms with E-state index in [-0.39, 0.29) is 5.56 Å². The molecule has 102 valence electrons. The van der Waals surface area contributed by atoms with Gasteiger partial charge in [0.1, 0.15) is 0 Å². The Morgan fingerprint density at radius 1 is 1.28 bits per heavy atom. The minimum absolute atomic E-state index is 0.160. The molecule has 1 N–H and O–H groups in total. The number of rotatable bonds is 7. The topological polar surface area (TPSA) is 34.0 Å². The van der Waals surface area contributed by atoms with Gasteiger partial charge in [-0.25, -0.2) is 0 Å². The molecule has 0 unspecified atom stereocenters. The minimum atomic E-state index is 0.160. The summed E-state index contributed by atoms with van der Waals surface area (Å²) in [6.45, 7) is 10.9. The van der Waals surface area contributed by atoms with E-state index in [1.54, 1.807) is 0 Å². The predicted octanol–water partition coefficient (Wildman–Crippen LogP) is 2.88. The molecule has 1 aromatic rings. The molecule has 0 aromatic carbocycles. The van der Waals surface area contributed by atoms with Crippen molar-refractivity contribution in [3.05, 3.63) is 33.7 Å². The zero-order chi connectivity index (χ0) is 13.5. The van der Waals surface area contributed by atoms with E-state index in [0.29, 0.717) is 12.5 Å². The smallest absolute Gasteiger partial charge is 0.255 e. The summed E-state index contributed by atoms with van der Waals surface area (Å²) >= 11 is 0. The van der Waals surface area contributed by atoms with Crippen LogP contribution in [0.2, 0.25) is 0 Å². The Hall–Kier alpha value is -1.09. The molecular formula is C15H26N2O. The van der Waals surface area contributed by atoms with Gasteiger partial charge < -0.3 is 9.88 Å². The number of pyridine rings is 1. The summed E-state index contributed by atoms with van der Waals surface area (Å²) in [6.07, 6.45) is 2.34. The quantitative estimate of drug-likeness (QED) is 0.755. The van der Waals surface area contributed by atoms with Crippen molar-refractivity contribution in [2.75, 3.05) is 6.54 Å². The fraction of sp³-hybridized carbons (Fsp3) is 0.667. The first-order chi connectivity index (χ1) is 8.61. The van der Waals surface area contributed by atoms with Gasteiger partial charge in [-0.15, -0.1) is 0 Å². The molecule has 0 aliphatic heterocycles. The standard InChI is InChI=1S/C15H26N2O/c1-5-7-10-16-11-13-8-9-14(12(3)4)17(6-2)15(13)18/h8-9,12,16H,5-7,10-11H2,1-4H3. The van der Waals surface area contributed by atoms with Gasteiger partial charge in [0, 0.05) is 24.3 Å². The van der Waals surface area contributed by atoms with Crippen molar-refractivity contribution in [3.8, 4) is 0 Å². The van der Waals surface area contributed by atoms with Crippen LogP contribution in [0.5, 0.6) is 0 Å². The first-order valence-corrected chi connectivity index (χ1v) is 7.05. The van der Waals surface area contributed by atoms with Gasteiger partial charge in [0.2, 0.25) is 0 Å². The first-order valence-electron chi connectivity index (χ1n) is 7.05. The Kier molecular flexibility index (Phi) is 6.13. The third kappa shape index (κ3) is 3.70. The second-order valence-corrected chi connectivity index (χ2v) is 5.02. The van der Waals surface area contributed by atoms with Crippen LogP contribution in [0.15, 0.2) is 16.9 Å². The lowest BCUT2D eigenvalue weighted by atomic mass is 10.1. The second-order valence-electron chi connectivity index (χ2n) is 5.02. The molecule has 3 nitrogen and oxygen atoms in total. The van der Waals surface area contributed by atoms with Gasteiger partial charge in [0.05, 0.1) is 0 Å². The van der Waals surface area contributed by atoms with Crippen LogP contribution in [0.25, 0.3) is 0 Å². The highest BCUT2D eigenvalue weighted by molar-refractivity contribution is 5.18. The second kappa shape index (κ2) is 7.37. The number of nitrogens with one attached hydrogen (secondary N) is 1. The summed E-state index contributed by atoms with van der Waals surface area (Å²) in [6, 6.07) is 4.06. The third-order valence-electron chi connectivity index (χ3n) is 3.22. The molecule has 1 aromatic heterocycles. The Labute approximate surface area is 110 Å². The van der Waals surface area contributed by atoms with Gasteiger partial charge in [-0.3, -0.25) is 4.79 Å².